The van der Waals surface area contributed by atoms with Crippen molar-refractivity contribution in [2.45, 2.75) is 13.3 Å². The highest BCUT2D eigenvalue weighted by Gasteiger charge is 2.35. The molecule has 0 fully saturated rings. The second-order valence-corrected chi connectivity index (χ2v) is 6.75. The SMILES string of the molecule is Cc1ccc(NC(=S)NC(=O)CCN2C(=O)c3ccccc3C2=O)c([N+](=O)[O-])c1. The van der Waals surface area contributed by atoms with Crippen molar-refractivity contribution in [2.24, 2.45) is 0 Å². The van der Waals surface area contributed by atoms with Crippen molar-refractivity contribution in [3.8, 4) is 0 Å². The summed E-state index contributed by atoms with van der Waals surface area (Å²) in [7, 11) is 0. The van der Waals surface area contributed by atoms with Gasteiger partial charge in [-0.15, -0.1) is 0 Å². The summed E-state index contributed by atoms with van der Waals surface area (Å²) in [5.74, 6) is -1.43. The van der Waals surface area contributed by atoms with Crippen LogP contribution in [0.25, 0.3) is 0 Å². The van der Waals surface area contributed by atoms with E-state index in [-0.39, 0.29) is 29.5 Å². The molecule has 2 aromatic carbocycles. The Morgan fingerprint density at radius 1 is 1.14 bits per heavy atom. The van der Waals surface area contributed by atoms with E-state index in [0.717, 1.165) is 4.90 Å². The predicted octanol–water partition coefficient (Wildman–Crippen LogP) is 2.40. The molecule has 2 aromatic rings. The Morgan fingerprint density at radius 3 is 2.34 bits per heavy atom. The van der Waals surface area contributed by atoms with Crippen LogP contribution in [0.1, 0.15) is 32.7 Å². The lowest BCUT2D eigenvalue weighted by atomic mass is 10.1. The number of imide groups is 1. The van der Waals surface area contributed by atoms with Crippen molar-refractivity contribution >= 4 is 46.4 Å². The second kappa shape index (κ2) is 8.15. The number of hydrogen-bond donors (Lipinski definition) is 2. The van der Waals surface area contributed by atoms with E-state index in [1.165, 1.54) is 12.1 Å². The summed E-state index contributed by atoms with van der Waals surface area (Å²) in [5, 5.41) is 16.0. The molecule has 0 unspecified atom stereocenters. The Morgan fingerprint density at radius 2 is 1.76 bits per heavy atom. The number of nitro groups is 1. The van der Waals surface area contributed by atoms with Crippen LogP contribution in [0.15, 0.2) is 42.5 Å². The first-order valence-electron chi connectivity index (χ1n) is 8.59. The summed E-state index contributed by atoms with van der Waals surface area (Å²) in [6, 6.07) is 11.0. The van der Waals surface area contributed by atoms with Crippen LogP contribution in [0.2, 0.25) is 0 Å². The van der Waals surface area contributed by atoms with Crippen LogP contribution in [-0.4, -0.2) is 39.2 Å². The largest absolute Gasteiger partial charge is 0.327 e. The number of nitrogens with zero attached hydrogens (tertiary/aromatic N) is 2. The van der Waals surface area contributed by atoms with Gasteiger partial charge in [0.1, 0.15) is 5.69 Å². The highest BCUT2D eigenvalue weighted by atomic mass is 32.1. The van der Waals surface area contributed by atoms with Gasteiger partial charge in [-0.3, -0.25) is 29.4 Å². The fourth-order valence-electron chi connectivity index (χ4n) is 2.90. The van der Waals surface area contributed by atoms with E-state index in [2.05, 4.69) is 10.6 Å². The molecule has 0 aliphatic carbocycles. The molecule has 0 saturated heterocycles. The Hall–Kier alpha value is -3.66. The number of amides is 3. The van der Waals surface area contributed by atoms with Crippen LogP contribution in [0, 0.1) is 17.0 Å². The topological polar surface area (TPSA) is 122 Å². The Balaban J connectivity index is 1.57. The van der Waals surface area contributed by atoms with Gasteiger partial charge in [0.15, 0.2) is 5.11 Å². The molecule has 9 nitrogen and oxygen atoms in total. The van der Waals surface area contributed by atoms with E-state index in [9.17, 15) is 24.5 Å². The fourth-order valence-corrected chi connectivity index (χ4v) is 3.12. The van der Waals surface area contributed by atoms with Gasteiger partial charge in [-0.05, 0) is 42.9 Å². The maximum Gasteiger partial charge on any atom is 0.292 e. The fraction of sp³-hybridized carbons (Fsp3) is 0.158. The van der Waals surface area contributed by atoms with Crippen molar-refractivity contribution in [2.75, 3.05) is 11.9 Å². The van der Waals surface area contributed by atoms with Gasteiger partial charge in [0.2, 0.25) is 5.91 Å². The highest BCUT2D eigenvalue weighted by molar-refractivity contribution is 7.80. The first kappa shape index (κ1) is 20.1. The van der Waals surface area contributed by atoms with E-state index in [1.807, 2.05) is 0 Å². The van der Waals surface area contributed by atoms with E-state index < -0.39 is 22.6 Å². The Kier molecular flexibility index (Phi) is 5.64. The lowest BCUT2D eigenvalue weighted by molar-refractivity contribution is -0.383. The molecular weight excluding hydrogens is 396 g/mol. The standard InChI is InChI=1S/C19H16N4O5S/c1-11-6-7-14(15(10-11)23(27)28)20-19(29)21-16(24)8-9-22-17(25)12-4-2-3-5-13(12)18(22)26/h2-7,10H,8-9H2,1H3,(H2,20,21,24,29). The number of nitrogens with one attached hydrogen (secondary N) is 2. The molecule has 0 saturated carbocycles. The quantitative estimate of drug-likeness (QED) is 0.335. The molecule has 0 spiro atoms. The zero-order chi connectivity index (χ0) is 21.1. The number of carbonyl (C=O) groups excluding carboxylic acids is 3. The molecule has 29 heavy (non-hydrogen) atoms. The first-order chi connectivity index (χ1) is 13.8. The van der Waals surface area contributed by atoms with Crippen LogP contribution in [-0.2, 0) is 4.79 Å². The average molecular weight is 412 g/mol. The van der Waals surface area contributed by atoms with Gasteiger partial charge < -0.3 is 10.6 Å². The number of nitro benzene ring substituents is 1. The lowest BCUT2D eigenvalue weighted by Crippen LogP contribution is -2.38. The second-order valence-electron chi connectivity index (χ2n) is 6.34. The van der Waals surface area contributed by atoms with E-state index in [0.29, 0.717) is 16.7 Å². The molecule has 3 rings (SSSR count). The summed E-state index contributed by atoms with van der Waals surface area (Å²) < 4.78 is 0. The minimum Gasteiger partial charge on any atom is -0.327 e. The zero-order valence-corrected chi connectivity index (χ0v) is 16.1. The molecule has 2 N–H and O–H groups in total. The summed E-state index contributed by atoms with van der Waals surface area (Å²) in [4.78, 5) is 48.3. The molecule has 148 valence electrons. The number of hydrogen-bond acceptors (Lipinski definition) is 6. The first-order valence-corrected chi connectivity index (χ1v) is 9.00. The maximum absolute atomic E-state index is 12.3. The normalized spacial score (nSPS) is 12.5. The van der Waals surface area contributed by atoms with Gasteiger partial charge in [0, 0.05) is 19.0 Å². The number of benzene rings is 2. The van der Waals surface area contributed by atoms with Crippen molar-refractivity contribution in [1.29, 1.82) is 0 Å². The summed E-state index contributed by atoms with van der Waals surface area (Å²) in [5.41, 5.74) is 1.29. The van der Waals surface area contributed by atoms with E-state index in [1.54, 1.807) is 37.3 Å². The third-order valence-electron chi connectivity index (χ3n) is 4.29. The molecule has 1 aliphatic heterocycles. The minimum absolute atomic E-state index is 0.106. The summed E-state index contributed by atoms with van der Waals surface area (Å²) in [6.07, 6.45) is -0.163. The Bertz CT molecular complexity index is 1020. The van der Waals surface area contributed by atoms with Crippen molar-refractivity contribution < 1.29 is 19.3 Å². The summed E-state index contributed by atoms with van der Waals surface area (Å²) >= 11 is 5.03. The number of fused-ring (bicyclic) bond motifs is 1. The smallest absolute Gasteiger partial charge is 0.292 e. The number of aryl methyl sites for hydroxylation is 1. The van der Waals surface area contributed by atoms with E-state index in [4.69, 9.17) is 12.2 Å². The van der Waals surface area contributed by atoms with Crippen molar-refractivity contribution in [3.05, 3.63) is 69.3 Å². The summed E-state index contributed by atoms with van der Waals surface area (Å²) in [6.45, 7) is 1.61. The van der Waals surface area contributed by atoms with Crippen LogP contribution in [0.5, 0.6) is 0 Å². The number of thiocarbonyl (C=S) groups is 1. The van der Waals surface area contributed by atoms with E-state index >= 15 is 0 Å². The van der Waals surface area contributed by atoms with Crippen LogP contribution in [0.3, 0.4) is 0 Å². The molecule has 3 amide bonds. The van der Waals surface area contributed by atoms with Crippen molar-refractivity contribution in [3.63, 3.8) is 0 Å². The maximum atomic E-state index is 12.3. The third kappa shape index (κ3) is 4.27. The van der Waals surface area contributed by atoms with Gasteiger partial charge in [0.05, 0.1) is 16.1 Å². The third-order valence-corrected chi connectivity index (χ3v) is 4.50. The van der Waals surface area contributed by atoms with Gasteiger partial charge in [-0.25, -0.2) is 0 Å². The number of rotatable bonds is 5. The van der Waals surface area contributed by atoms with Gasteiger partial charge in [-0.1, -0.05) is 18.2 Å². The molecule has 0 atom stereocenters. The van der Waals surface area contributed by atoms with Gasteiger partial charge in [-0.2, -0.15) is 0 Å². The lowest BCUT2D eigenvalue weighted by Gasteiger charge is -2.14. The molecule has 1 aliphatic rings. The highest BCUT2D eigenvalue weighted by Crippen LogP contribution is 2.25. The van der Waals surface area contributed by atoms with Gasteiger partial charge in [0.25, 0.3) is 17.5 Å². The van der Waals surface area contributed by atoms with Crippen LogP contribution in [0.4, 0.5) is 11.4 Å². The minimum atomic E-state index is -0.554. The van der Waals surface area contributed by atoms with Gasteiger partial charge >= 0.3 is 0 Å². The molecule has 10 heteroatoms. The monoisotopic (exact) mass is 412 g/mol. The zero-order valence-electron chi connectivity index (χ0n) is 15.3. The van der Waals surface area contributed by atoms with Crippen molar-refractivity contribution in [1.82, 2.24) is 10.2 Å². The molecule has 0 aromatic heterocycles. The van der Waals surface area contributed by atoms with Crippen LogP contribution < -0.4 is 10.6 Å². The predicted molar refractivity (Wildman–Crippen MR) is 109 cm³/mol. The molecular formula is C19H16N4O5S. The molecule has 0 radical (unpaired) electrons. The Labute approximate surface area is 170 Å². The van der Waals surface area contributed by atoms with Crippen LogP contribution >= 0.6 is 12.2 Å². The number of anilines is 1. The molecule has 1 heterocycles. The average Bonchev–Trinajstić information content (AvgIpc) is 2.92. The molecule has 0 bridgehead atoms. The number of carbonyl (C=O) groups is 3.